The molecule has 2 aromatic carbocycles. The summed E-state index contributed by atoms with van der Waals surface area (Å²) >= 11 is 5.88. The van der Waals surface area contributed by atoms with Crippen molar-refractivity contribution in [2.75, 3.05) is 19.6 Å². The van der Waals surface area contributed by atoms with E-state index in [1.807, 2.05) is 17.0 Å². The van der Waals surface area contributed by atoms with Crippen LogP contribution in [0.15, 0.2) is 66.1 Å². The normalized spacial score (nSPS) is 15.1. The third-order valence-corrected chi connectivity index (χ3v) is 7.32. The molecule has 7 heteroatoms. The summed E-state index contributed by atoms with van der Waals surface area (Å²) in [6.07, 6.45) is 5.99. The van der Waals surface area contributed by atoms with Gasteiger partial charge in [-0.05, 0) is 54.8 Å². The molecule has 1 saturated heterocycles. The van der Waals surface area contributed by atoms with Crippen molar-refractivity contribution in [3.8, 4) is 0 Å². The molecule has 0 saturated carbocycles. The highest BCUT2D eigenvalue weighted by molar-refractivity contribution is 7.89. The average molecular weight is 447 g/mol. The van der Waals surface area contributed by atoms with Gasteiger partial charge in [0.1, 0.15) is 0 Å². The monoisotopic (exact) mass is 446 g/mol. The number of likely N-dealkylation sites (tertiary alicyclic amines) is 1. The first-order valence-electron chi connectivity index (χ1n) is 10.2. The number of rotatable bonds is 7. The molecule has 1 heterocycles. The standard InChI is InChI=1S/C23H27ClN2O3S/c1-2-15-26(30(28,29)22-13-11-21(24)12-14-22)18-19-7-9-20(10-8-19)23(27)25-16-5-3-4-6-17-25/h2,7-14H,1,3-6,15-18H2. The third-order valence-electron chi connectivity index (χ3n) is 5.24. The van der Waals surface area contributed by atoms with Crippen molar-refractivity contribution in [3.05, 3.63) is 77.3 Å². The molecule has 5 nitrogen and oxygen atoms in total. The molecular formula is C23H27ClN2O3S. The van der Waals surface area contributed by atoms with Gasteiger partial charge in [0.05, 0.1) is 4.90 Å². The Kier molecular flexibility index (Phi) is 7.69. The van der Waals surface area contributed by atoms with Crippen LogP contribution in [0.2, 0.25) is 5.02 Å². The molecule has 0 atom stereocenters. The number of nitrogens with zero attached hydrogens (tertiary/aromatic N) is 2. The van der Waals surface area contributed by atoms with Gasteiger partial charge in [-0.2, -0.15) is 4.31 Å². The Balaban J connectivity index is 1.75. The predicted molar refractivity (Wildman–Crippen MR) is 120 cm³/mol. The van der Waals surface area contributed by atoms with Gasteiger partial charge < -0.3 is 4.90 Å². The quantitative estimate of drug-likeness (QED) is 0.577. The first-order chi connectivity index (χ1) is 14.4. The lowest BCUT2D eigenvalue weighted by atomic mass is 10.1. The molecule has 0 spiro atoms. The number of amides is 1. The fraction of sp³-hybridized carbons (Fsp3) is 0.348. The van der Waals surface area contributed by atoms with Gasteiger partial charge in [-0.1, -0.05) is 42.7 Å². The Morgan fingerprint density at radius 1 is 1.00 bits per heavy atom. The van der Waals surface area contributed by atoms with Gasteiger partial charge in [0.15, 0.2) is 0 Å². The Morgan fingerprint density at radius 3 is 2.17 bits per heavy atom. The van der Waals surface area contributed by atoms with Gasteiger partial charge in [0, 0.05) is 36.8 Å². The second-order valence-corrected chi connectivity index (χ2v) is 9.82. The van der Waals surface area contributed by atoms with Crippen molar-refractivity contribution in [2.45, 2.75) is 37.1 Å². The number of benzene rings is 2. The highest BCUT2D eigenvalue weighted by Gasteiger charge is 2.24. The van der Waals surface area contributed by atoms with Gasteiger partial charge in [-0.15, -0.1) is 6.58 Å². The van der Waals surface area contributed by atoms with Crippen LogP contribution in [-0.2, 0) is 16.6 Å². The lowest BCUT2D eigenvalue weighted by Gasteiger charge is -2.22. The molecule has 0 bridgehead atoms. The first-order valence-corrected chi connectivity index (χ1v) is 12.0. The largest absolute Gasteiger partial charge is 0.339 e. The number of carbonyl (C=O) groups is 1. The zero-order valence-electron chi connectivity index (χ0n) is 17.0. The Morgan fingerprint density at radius 2 is 1.60 bits per heavy atom. The second kappa shape index (κ2) is 10.2. The summed E-state index contributed by atoms with van der Waals surface area (Å²) in [4.78, 5) is 14.9. The molecule has 1 fully saturated rings. The van der Waals surface area contributed by atoms with E-state index >= 15 is 0 Å². The third kappa shape index (κ3) is 5.50. The second-order valence-electron chi connectivity index (χ2n) is 7.44. The van der Waals surface area contributed by atoms with Crippen LogP contribution in [0, 0.1) is 0 Å². The zero-order chi connectivity index (χ0) is 21.6. The lowest BCUT2D eigenvalue weighted by molar-refractivity contribution is 0.0761. The minimum absolute atomic E-state index is 0.0418. The fourth-order valence-corrected chi connectivity index (χ4v) is 5.08. The molecule has 0 N–H and O–H groups in total. The van der Waals surface area contributed by atoms with E-state index in [1.54, 1.807) is 30.3 Å². The summed E-state index contributed by atoms with van der Waals surface area (Å²) in [5.74, 6) is 0.0418. The fourth-order valence-electron chi connectivity index (χ4n) is 3.56. The van der Waals surface area contributed by atoms with Gasteiger partial charge in [-0.3, -0.25) is 4.79 Å². The minimum Gasteiger partial charge on any atom is -0.339 e. The van der Waals surface area contributed by atoms with Crippen LogP contribution in [-0.4, -0.2) is 43.2 Å². The molecule has 0 aromatic heterocycles. The molecule has 3 rings (SSSR count). The van der Waals surface area contributed by atoms with Crippen LogP contribution in [0.3, 0.4) is 0 Å². The van der Waals surface area contributed by atoms with E-state index in [0.717, 1.165) is 31.5 Å². The molecule has 1 aliphatic rings. The molecule has 0 unspecified atom stereocenters. The molecule has 30 heavy (non-hydrogen) atoms. The first kappa shape index (κ1) is 22.5. The number of hydrogen-bond donors (Lipinski definition) is 0. The molecule has 0 radical (unpaired) electrons. The number of hydrogen-bond acceptors (Lipinski definition) is 3. The number of carbonyl (C=O) groups excluding carboxylic acids is 1. The molecule has 160 valence electrons. The van der Waals surface area contributed by atoms with Crippen LogP contribution in [0.1, 0.15) is 41.6 Å². The molecular weight excluding hydrogens is 420 g/mol. The van der Waals surface area contributed by atoms with Gasteiger partial charge in [0.25, 0.3) is 5.91 Å². The minimum atomic E-state index is -3.70. The maximum Gasteiger partial charge on any atom is 0.253 e. The predicted octanol–water partition coefficient (Wildman–Crippen LogP) is 4.73. The van der Waals surface area contributed by atoms with Crippen LogP contribution in [0.25, 0.3) is 0 Å². The molecule has 2 aromatic rings. The Labute approximate surface area is 184 Å². The SMILES string of the molecule is C=CCN(Cc1ccc(C(=O)N2CCCCCC2)cc1)S(=O)(=O)c1ccc(Cl)cc1. The van der Waals surface area contributed by atoms with Crippen molar-refractivity contribution < 1.29 is 13.2 Å². The summed E-state index contributed by atoms with van der Waals surface area (Å²) in [6, 6.07) is 13.3. The summed E-state index contributed by atoms with van der Waals surface area (Å²) in [5, 5.41) is 0.480. The summed E-state index contributed by atoms with van der Waals surface area (Å²) in [6.45, 7) is 5.65. The van der Waals surface area contributed by atoms with E-state index in [-0.39, 0.29) is 23.9 Å². The average Bonchev–Trinajstić information content (AvgIpc) is 3.03. The summed E-state index contributed by atoms with van der Waals surface area (Å²) in [7, 11) is -3.70. The highest BCUT2D eigenvalue weighted by atomic mass is 35.5. The van der Waals surface area contributed by atoms with E-state index in [1.165, 1.54) is 29.3 Å². The van der Waals surface area contributed by atoms with E-state index < -0.39 is 10.0 Å². The Hall–Kier alpha value is -2.15. The van der Waals surface area contributed by atoms with Gasteiger partial charge >= 0.3 is 0 Å². The number of halogens is 1. The van der Waals surface area contributed by atoms with Crippen LogP contribution >= 0.6 is 11.6 Å². The maximum absolute atomic E-state index is 13.0. The van der Waals surface area contributed by atoms with Crippen molar-refractivity contribution in [3.63, 3.8) is 0 Å². The van der Waals surface area contributed by atoms with Crippen molar-refractivity contribution in [1.29, 1.82) is 0 Å². The lowest BCUT2D eigenvalue weighted by Crippen LogP contribution is -2.32. The van der Waals surface area contributed by atoms with E-state index in [9.17, 15) is 13.2 Å². The van der Waals surface area contributed by atoms with Crippen LogP contribution in [0.5, 0.6) is 0 Å². The topological polar surface area (TPSA) is 57.7 Å². The van der Waals surface area contributed by atoms with E-state index in [4.69, 9.17) is 11.6 Å². The van der Waals surface area contributed by atoms with Crippen molar-refractivity contribution >= 4 is 27.5 Å². The van der Waals surface area contributed by atoms with E-state index in [0.29, 0.717) is 10.6 Å². The van der Waals surface area contributed by atoms with Crippen molar-refractivity contribution in [2.24, 2.45) is 0 Å². The molecule has 0 aliphatic carbocycles. The zero-order valence-corrected chi connectivity index (χ0v) is 18.5. The molecule has 1 amide bonds. The molecule has 1 aliphatic heterocycles. The number of sulfonamides is 1. The van der Waals surface area contributed by atoms with Crippen LogP contribution in [0.4, 0.5) is 0 Å². The maximum atomic E-state index is 13.0. The Bertz CT molecular complexity index is 965. The van der Waals surface area contributed by atoms with Gasteiger partial charge in [0.2, 0.25) is 10.0 Å². The summed E-state index contributed by atoms with van der Waals surface area (Å²) in [5.41, 5.74) is 1.44. The highest BCUT2D eigenvalue weighted by Crippen LogP contribution is 2.21. The van der Waals surface area contributed by atoms with E-state index in [2.05, 4.69) is 6.58 Å². The summed E-state index contributed by atoms with van der Waals surface area (Å²) < 4.78 is 27.4. The van der Waals surface area contributed by atoms with Gasteiger partial charge in [-0.25, -0.2) is 8.42 Å². The van der Waals surface area contributed by atoms with Crippen LogP contribution < -0.4 is 0 Å². The van der Waals surface area contributed by atoms with Crippen molar-refractivity contribution in [1.82, 2.24) is 9.21 Å². The smallest absolute Gasteiger partial charge is 0.253 e.